The van der Waals surface area contributed by atoms with E-state index in [-0.39, 0.29) is 0 Å². The molecule has 0 radical (unpaired) electrons. The second-order valence-electron chi connectivity index (χ2n) is 3.87. The second kappa shape index (κ2) is 6.23. The quantitative estimate of drug-likeness (QED) is 0.653. The van der Waals surface area contributed by atoms with Gasteiger partial charge in [-0.1, -0.05) is 23.8 Å². The van der Waals surface area contributed by atoms with E-state index in [1.54, 1.807) is 0 Å². The van der Waals surface area contributed by atoms with E-state index >= 15 is 0 Å². The van der Waals surface area contributed by atoms with Gasteiger partial charge in [-0.25, -0.2) is 0 Å². The zero-order valence-electron chi connectivity index (χ0n) is 9.20. The molecular weight excluding hydrogens is 306 g/mol. The summed E-state index contributed by atoms with van der Waals surface area (Å²) >= 11 is -0.826. The molecule has 0 bridgehead atoms. The van der Waals surface area contributed by atoms with E-state index in [9.17, 15) is 0 Å². The molecule has 3 heteroatoms. The number of hydrogen-bond acceptors (Lipinski definition) is 0. The minimum atomic E-state index is -0.826. The minimum absolute atomic E-state index is 0.826. The number of rotatable bonds is 0. The van der Waals surface area contributed by atoms with Gasteiger partial charge >= 0.3 is 37.9 Å². The normalized spacial score (nSPS) is 12.5. The molecular formula is C12H14Cl2Zr. The first-order valence-electron chi connectivity index (χ1n) is 4.82. The van der Waals surface area contributed by atoms with Crippen LogP contribution in [0.15, 0.2) is 17.7 Å². The van der Waals surface area contributed by atoms with Gasteiger partial charge in [-0.2, -0.15) is 0 Å². The molecule has 0 saturated heterocycles. The molecule has 0 saturated carbocycles. The van der Waals surface area contributed by atoms with Crippen molar-refractivity contribution in [3.8, 4) is 0 Å². The first-order chi connectivity index (χ1) is 7.08. The first-order valence-corrected chi connectivity index (χ1v) is 11.1. The third-order valence-corrected chi connectivity index (χ3v) is 2.63. The van der Waals surface area contributed by atoms with Crippen LogP contribution in [-0.4, -0.2) is 0 Å². The van der Waals surface area contributed by atoms with Gasteiger partial charge in [0.1, 0.15) is 0 Å². The van der Waals surface area contributed by atoms with Gasteiger partial charge in [-0.15, -0.1) is 0 Å². The van der Waals surface area contributed by atoms with E-state index < -0.39 is 20.8 Å². The molecule has 0 unspecified atom stereocenters. The van der Waals surface area contributed by atoms with Gasteiger partial charge in [0, 0.05) is 0 Å². The van der Waals surface area contributed by atoms with E-state index in [0.717, 1.165) is 6.42 Å². The molecule has 1 aliphatic carbocycles. The Labute approximate surface area is 110 Å². The number of halogens is 2. The van der Waals surface area contributed by atoms with Crippen LogP contribution >= 0.6 is 17.0 Å². The molecule has 0 nitrogen and oxygen atoms in total. The average Bonchev–Trinajstić information content (AvgIpc) is 2.47. The van der Waals surface area contributed by atoms with Crippen molar-refractivity contribution in [2.24, 2.45) is 0 Å². The molecule has 0 fully saturated rings. The summed E-state index contributed by atoms with van der Waals surface area (Å²) in [5.41, 5.74) is 7.22. The van der Waals surface area contributed by atoms with Gasteiger partial charge in [0.15, 0.2) is 0 Å². The molecule has 2 rings (SSSR count). The average molecular weight is 320 g/mol. The molecule has 0 atom stereocenters. The molecule has 0 spiro atoms. The van der Waals surface area contributed by atoms with E-state index in [1.807, 2.05) is 0 Å². The van der Waals surface area contributed by atoms with Gasteiger partial charge in [-0.3, -0.25) is 0 Å². The summed E-state index contributed by atoms with van der Waals surface area (Å²) in [5, 5.41) is 0. The topological polar surface area (TPSA) is 0 Å². The predicted octanol–water partition coefficient (Wildman–Crippen LogP) is 4.64. The Morgan fingerprint density at radius 2 is 1.60 bits per heavy atom. The number of allylic oxidation sites excluding steroid dienone is 1. The summed E-state index contributed by atoms with van der Waals surface area (Å²) in [6.07, 6.45) is 3.44. The fraction of sp³-hybridized carbons (Fsp3) is 0.333. The molecule has 0 aromatic heterocycles. The summed E-state index contributed by atoms with van der Waals surface area (Å²) in [5.74, 6) is 0. The van der Waals surface area contributed by atoms with Gasteiger partial charge in [0.25, 0.3) is 0 Å². The Balaban J connectivity index is 0.000000337. The van der Waals surface area contributed by atoms with Crippen LogP contribution in [-0.2, 0) is 27.3 Å². The summed E-state index contributed by atoms with van der Waals surface area (Å²) in [7, 11) is 9.87. The number of aryl methyl sites for hydroxylation is 2. The third kappa shape index (κ3) is 3.73. The first kappa shape index (κ1) is 13.5. The van der Waals surface area contributed by atoms with Crippen molar-refractivity contribution in [2.75, 3.05) is 0 Å². The Morgan fingerprint density at radius 1 is 1.07 bits per heavy atom. The molecule has 15 heavy (non-hydrogen) atoms. The van der Waals surface area contributed by atoms with Crippen LogP contribution in [0.3, 0.4) is 0 Å². The van der Waals surface area contributed by atoms with Gasteiger partial charge in [0.05, 0.1) is 0 Å². The Hall–Kier alpha value is 0.423. The van der Waals surface area contributed by atoms with Crippen molar-refractivity contribution >= 4 is 23.1 Å². The predicted molar refractivity (Wildman–Crippen MR) is 65.0 cm³/mol. The number of benzene rings is 1. The fourth-order valence-corrected chi connectivity index (χ4v) is 1.80. The van der Waals surface area contributed by atoms with Gasteiger partial charge < -0.3 is 0 Å². The van der Waals surface area contributed by atoms with Crippen molar-refractivity contribution in [3.63, 3.8) is 0 Å². The van der Waals surface area contributed by atoms with Gasteiger partial charge in [0.2, 0.25) is 0 Å². The summed E-state index contributed by atoms with van der Waals surface area (Å²) in [6.45, 7) is 6.56. The van der Waals surface area contributed by atoms with Crippen LogP contribution in [0.1, 0.15) is 29.2 Å². The fourth-order valence-electron chi connectivity index (χ4n) is 1.80. The molecule has 1 aromatic rings. The van der Waals surface area contributed by atoms with Crippen LogP contribution < -0.4 is 0 Å². The van der Waals surface area contributed by atoms with Crippen LogP contribution in [0.25, 0.3) is 6.08 Å². The summed E-state index contributed by atoms with van der Waals surface area (Å²) in [4.78, 5) is 0. The zero-order valence-corrected chi connectivity index (χ0v) is 13.2. The SMILES string of the molecule is CC1=Cc2cc(C)c(C)cc2C1.[Cl][Zr][Cl]. The van der Waals surface area contributed by atoms with Crippen molar-refractivity contribution < 1.29 is 20.8 Å². The summed E-state index contributed by atoms with van der Waals surface area (Å²) in [6, 6.07) is 4.61. The molecule has 0 amide bonds. The maximum absolute atomic E-state index is 4.93. The number of hydrogen-bond donors (Lipinski definition) is 0. The van der Waals surface area contributed by atoms with Crippen molar-refractivity contribution in [2.45, 2.75) is 27.2 Å². The molecule has 80 valence electrons. The van der Waals surface area contributed by atoms with Crippen LogP contribution in [0.5, 0.6) is 0 Å². The Morgan fingerprint density at radius 3 is 2.20 bits per heavy atom. The van der Waals surface area contributed by atoms with Crippen molar-refractivity contribution in [1.29, 1.82) is 0 Å². The summed E-state index contributed by atoms with van der Waals surface area (Å²) < 4.78 is 0. The number of fused-ring (bicyclic) bond motifs is 1. The molecule has 1 aliphatic rings. The maximum atomic E-state index is 4.93. The van der Waals surface area contributed by atoms with E-state index in [2.05, 4.69) is 39.0 Å². The second-order valence-corrected chi connectivity index (χ2v) is 7.61. The van der Waals surface area contributed by atoms with Crippen LogP contribution in [0.2, 0.25) is 0 Å². The van der Waals surface area contributed by atoms with Gasteiger partial charge in [-0.05, 0) is 49.4 Å². The van der Waals surface area contributed by atoms with E-state index in [1.165, 1.54) is 27.8 Å². The Bertz CT molecular complexity index is 383. The van der Waals surface area contributed by atoms with Crippen molar-refractivity contribution in [1.82, 2.24) is 0 Å². The van der Waals surface area contributed by atoms with E-state index in [0.29, 0.717) is 0 Å². The molecule has 0 heterocycles. The Kier molecular flexibility index (Phi) is 5.60. The zero-order chi connectivity index (χ0) is 11.4. The van der Waals surface area contributed by atoms with Crippen LogP contribution in [0, 0.1) is 13.8 Å². The van der Waals surface area contributed by atoms with Crippen LogP contribution in [0.4, 0.5) is 0 Å². The molecule has 1 aromatic carbocycles. The standard InChI is InChI=1S/C12H14.2ClH.Zr/c1-8-4-11-6-9(2)10(3)7-12(11)5-8;;;/h4,6-7H,5H2,1-3H3;2*1H;/q;;;+2/p-2. The third-order valence-electron chi connectivity index (χ3n) is 2.63. The monoisotopic (exact) mass is 318 g/mol. The molecule has 0 aliphatic heterocycles. The van der Waals surface area contributed by atoms with E-state index in [4.69, 9.17) is 17.0 Å². The molecule has 0 N–H and O–H groups in total. The van der Waals surface area contributed by atoms with Crippen molar-refractivity contribution in [3.05, 3.63) is 40.0 Å².